The number of benzene rings is 1. The third-order valence-electron chi connectivity index (χ3n) is 3.12. The van der Waals surface area contributed by atoms with E-state index in [9.17, 15) is 0 Å². The maximum Gasteiger partial charge on any atom is 0.174 e. The third-order valence-corrected chi connectivity index (χ3v) is 4.05. The molecular weight excluding hydrogens is 268 g/mol. The van der Waals surface area contributed by atoms with Gasteiger partial charge in [-0.2, -0.15) is 17.0 Å². The first kappa shape index (κ1) is 16.9. The fourth-order valence-electron chi connectivity index (χ4n) is 1.98. The van der Waals surface area contributed by atoms with Crippen LogP contribution in [0.3, 0.4) is 0 Å². The first-order valence-corrected chi connectivity index (χ1v) is 8.26. The summed E-state index contributed by atoms with van der Waals surface area (Å²) < 4.78 is 5.25. The lowest BCUT2D eigenvalue weighted by Crippen LogP contribution is -2.29. The van der Waals surface area contributed by atoms with E-state index in [4.69, 9.17) is 10.00 Å². The molecule has 0 saturated carbocycles. The SMILES string of the molecule is CCSCCC(C)NC(C)c1ccc(OCC#N)cc1. The predicted molar refractivity (Wildman–Crippen MR) is 86.2 cm³/mol. The van der Waals surface area contributed by atoms with Crippen LogP contribution >= 0.6 is 11.8 Å². The van der Waals surface area contributed by atoms with Gasteiger partial charge in [0.25, 0.3) is 0 Å². The quantitative estimate of drug-likeness (QED) is 0.704. The minimum absolute atomic E-state index is 0.0965. The van der Waals surface area contributed by atoms with Crippen LogP contribution in [0.2, 0.25) is 0 Å². The Hall–Kier alpha value is -1.18. The Bertz CT molecular complexity index is 413. The van der Waals surface area contributed by atoms with Gasteiger partial charge < -0.3 is 10.1 Å². The zero-order valence-electron chi connectivity index (χ0n) is 12.6. The molecule has 0 aliphatic carbocycles. The van der Waals surface area contributed by atoms with Gasteiger partial charge in [-0.3, -0.25) is 0 Å². The van der Waals surface area contributed by atoms with Crippen LogP contribution in [0.4, 0.5) is 0 Å². The Morgan fingerprint density at radius 1 is 1.30 bits per heavy atom. The van der Waals surface area contributed by atoms with Gasteiger partial charge in [0.2, 0.25) is 0 Å². The molecule has 1 N–H and O–H groups in total. The number of nitrogens with one attached hydrogen (secondary N) is 1. The third kappa shape index (κ3) is 6.31. The number of ether oxygens (including phenoxy) is 1. The molecule has 2 unspecified atom stereocenters. The maximum absolute atomic E-state index is 8.47. The highest BCUT2D eigenvalue weighted by atomic mass is 32.2. The van der Waals surface area contributed by atoms with Crippen LogP contribution in [0.5, 0.6) is 5.75 Å². The smallest absolute Gasteiger partial charge is 0.174 e. The molecule has 20 heavy (non-hydrogen) atoms. The Morgan fingerprint density at radius 3 is 2.60 bits per heavy atom. The van der Waals surface area contributed by atoms with Crippen molar-refractivity contribution in [2.24, 2.45) is 0 Å². The Morgan fingerprint density at radius 2 is 2.00 bits per heavy atom. The highest BCUT2D eigenvalue weighted by molar-refractivity contribution is 7.99. The summed E-state index contributed by atoms with van der Waals surface area (Å²) in [7, 11) is 0. The lowest BCUT2D eigenvalue weighted by Gasteiger charge is -2.20. The number of rotatable bonds is 9. The normalized spacial score (nSPS) is 13.5. The topological polar surface area (TPSA) is 45.0 Å². The minimum atomic E-state index is 0.0965. The van der Waals surface area contributed by atoms with Crippen molar-refractivity contribution in [2.75, 3.05) is 18.1 Å². The molecule has 0 radical (unpaired) electrons. The van der Waals surface area contributed by atoms with E-state index in [0.29, 0.717) is 12.1 Å². The van der Waals surface area contributed by atoms with E-state index in [1.54, 1.807) is 0 Å². The molecule has 110 valence electrons. The van der Waals surface area contributed by atoms with Gasteiger partial charge in [0.1, 0.15) is 11.8 Å². The molecule has 0 aliphatic heterocycles. The van der Waals surface area contributed by atoms with Crippen molar-refractivity contribution in [3.05, 3.63) is 29.8 Å². The average molecular weight is 292 g/mol. The van der Waals surface area contributed by atoms with Crippen molar-refractivity contribution < 1.29 is 4.74 Å². The van der Waals surface area contributed by atoms with Gasteiger partial charge in [-0.25, -0.2) is 0 Å². The molecule has 1 aromatic carbocycles. The van der Waals surface area contributed by atoms with E-state index < -0.39 is 0 Å². The second-order valence-electron chi connectivity index (χ2n) is 4.79. The second-order valence-corrected chi connectivity index (χ2v) is 6.18. The average Bonchev–Trinajstić information content (AvgIpc) is 2.46. The van der Waals surface area contributed by atoms with E-state index in [-0.39, 0.29) is 6.61 Å². The molecule has 0 fully saturated rings. The Kier molecular flexibility index (Phi) is 8.17. The molecule has 4 heteroatoms. The van der Waals surface area contributed by atoms with Crippen molar-refractivity contribution in [3.63, 3.8) is 0 Å². The van der Waals surface area contributed by atoms with Gasteiger partial charge in [0.05, 0.1) is 0 Å². The lowest BCUT2D eigenvalue weighted by molar-refractivity contribution is 0.368. The number of nitriles is 1. The van der Waals surface area contributed by atoms with E-state index in [1.807, 2.05) is 30.0 Å². The van der Waals surface area contributed by atoms with Crippen molar-refractivity contribution in [1.82, 2.24) is 5.32 Å². The summed E-state index contributed by atoms with van der Waals surface area (Å²) in [6.07, 6.45) is 1.19. The van der Waals surface area contributed by atoms with E-state index in [1.165, 1.54) is 23.5 Å². The zero-order chi connectivity index (χ0) is 14.8. The molecule has 0 amide bonds. The molecular formula is C16H24N2OS. The first-order valence-electron chi connectivity index (χ1n) is 7.10. The van der Waals surface area contributed by atoms with Crippen molar-refractivity contribution in [1.29, 1.82) is 5.26 Å². The molecule has 0 spiro atoms. The molecule has 1 rings (SSSR count). The van der Waals surface area contributed by atoms with E-state index >= 15 is 0 Å². The monoisotopic (exact) mass is 292 g/mol. The summed E-state index contributed by atoms with van der Waals surface area (Å²) in [4.78, 5) is 0. The molecule has 0 aromatic heterocycles. The summed E-state index contributed by atoms with van der Waals surface area (Å²) in [6, 6.07) is 10.7. The number of hydrogen-bond acceptors (Lipinski definition) is 4. The van der Waals surface area contributed by atoms with Crippen LogP contribution in [0.25, 0.3) is 0 Å². The lowest BCUT2D eigenvalue weighted by atomic mass is 10.1. The van der Waals surface area contributed by atoms with Gasteiger partial charge in [0.15, 0.2) is 6.61 Å². The molecule has 3 nitrogen and oxygen atoms in total. The summed E-state index contributed by atoms with van der Waals surface area (Å²) >= 11 is 1.99. The summed E-state index contributed by atoms with van der Waals surface area (Å²) in [5, 5.41) is 12.1. The van der Waals surface area contributed by atoms with Gasteiger partial charge in [-0.05, 0) is 49.5 Å². The largest absolute Gasteiger partial charge is 0.479 e. The van der Waals surface area contributed by atoms with Crippen LogP contribution in [0.15, 0.2) is 24.3 Å². The fourth-order valence-corrected chi connectivity index (χ4v) is 2.79. The second kappa shape index (κ2) is 9.68. The first-order chi connectivity index (χ1) is 9.67. The van der Waals surface area contributed by atoms with Gasteiger partial charge in [-0.1, -0.05) is 19.1 Å². The van der Waals surface area contributed by atoms with Gasteiger partial charge in [0, 0.05) is 12.1 Å². The maximum atomic E-state index is 8.47. The van der Waals surface area contributed by atoms with Crippen LogP contribution < -0.4 is 10.1 Å². The standard InChI is InChI=1S/C16H24N2OS/c1-4-20-12-9-13(2)18-14(3)15-5-7-16(8-6-15)19-11-10-17/h5-8,13-14,18H,4,9,11-12H2,1-3H3. The van der Waals surface area contributed by atoms with E-state index in [2.05, 4.69) is 38.2 Å². The van der Waals surface area contributed by atoms with Gasteiger partial charge >= 0.3 is 0 Å². The van der Waals surface area contributed by atoms with Crippen molar-refractivity contribution in [2.45, 2.75) is 39.3 Å². The Labute approximate surface area is 126 Å². The van der Waals surface area contributed by atoms with Crippen LogP contribution in [-0.4, -0.2) is 24.2 Å². The minimum Gasteiger partial charge on any atom is -0.479 e. The predicted octanol–water partition coefficient (Wildman–Crippen LogP) is 3.77. The number of hydrogen-bond donors (Lipinski definition) is 1. The summed E-state index contributed by atoms with van der Waals surface area (Å²) in [5.74, 6) is 3.14. The van der Waals surface area contributed by atoms with Crippen LogP contribution in [-0.2, 0) is 0 Å². The van der Waals surface area contributed by atoms with Crippen molar-refractivity contribution >= 4 is 11.8 Å². The molecule has 2 atom stereocenters. The highest BCUT2D eigenvalue weighted by Gasteiger charge is 2.09. The number of thioether (sulfide) groups is 1. The van der Waals surface area contributed by atoms with Crippen molar-refractivity contribution in [3.8, 4) is 11.8 Å². The van der Waals surface area contributed by atoms with Gasteiger partial charge in [-0.15, -0.1) is 0 Å². The molecule has 0 saturated heterocycles. The van der Waals surface area contributed by atoms with Crippen LogP contribution in [0.1, 0.15) is 38.8 Å². The number of nitrogens with zero attached hydrogens (tertiary/aromatic N) is 1. The summed E-state index contributed by atoms with van der Waals surface area (Å²) in [6.45, 7) is 6.70. The molecule has 0 bridgehead atoms. The fraction of sp³-hybridized carbons (Fsp3) is 0.562. The van der Waals surface area contributed by atoms with E-state index in [0.717, 1.165) is 5.75 Å². The molecule has 1 aromatic rings. The van der Waals surface area contributed by atoms with Crippen LogP contribution in [0, 0.1) is 11.3 Å². The molecule has 0 aliphatic rings. The zero-order valence-corrected chi connectivity index (χ0v) is 13.4. The summed E-state index contributed by atoms with van der Waals surface area (Å²) in [5.41, 5.74) is 1.24. The molecule has 0 heterocycles. The Balaban J connectivity index is 2.42. The highest BCUT2D eigenvalue weighted by Crippen LogP contribution is 2.18.